The van der Waals surface area contributed by atoms with Gasteiger partial charge in [0.15, 0.2) is 5.76 Å². The number of carbonyl (C=O) groups excluding carboxylic acids is 1. The molecule has 0 atom stereocenters. The van der Waals surface area contributed by atoms with Gasteiger partial charge in [-0.05, 0) is 36.8 Å². The minimum Gasteiger partial charge on any atom is -0.486 e. The largest absolute Gasteiger partial charge is 0.486 e. The van der Waals surface area contributed by atoms with E-state index in [4.69, 9.17) is 9.15 Å². The van der Waals surface area contributed by atoms with Crippen molar-refractivity contribution >= 4 is 11.6 Å². The Hall–Kier alpha value is -3.23. The van der Waals surface area contributed by atoms with Crippen LogP contribution in [-0.2, 0) is 13.2 Å². The van der Waals surface area contributed by atoms with Gasteiger partial charge in [0.2, 0.25) is 0 Å². The second-order valence-electron chi connectivity index (χ2n) is 5.87. The number of anilines is 1. The predicted octanol–water partition coefficient (Wildman–Crippen LogP) is 4.18. The number of ether oxygens (including phenoxy) is 1. The molecule has 0 fully saturated rings. The van der Waals surface area contributed by atoms with E-state index >= 15 is 0 Å². The first-order chi connectivity index (χ1) is 12.8. The summed E-state index contributed by atoms with van der Waals surface area (Å²) >= 11 is 0. The van der Waals surface area contributed by atoms with Crippen LogP contribution in [0.25, 0.3) is 0 Å². The van der Waals surface area contributed by atoms with E-state index in [-0.39, 0.29) is 18.1 Å². The lowest BCUT2D eigenvalue weighted by Gasteiger charge is -2.05. The van der Waals surface area contributed by atoms with Gasteiger partial charge in [-0.1, -0.05) is 12.1 Å². The number of furan rings is 1. The van der Waals surface area contributed by atoms with E-state index in [9.17, 15) is 18.0 Å². The Kier molecular flexibility index (Phi) is 5.20. The van der Waals surface area contributed by atoms with Crippen LogP contribution in [0, 0.1) is 6.92 Å². The van der Waals surface area contributed by atoms with Gasteiger partial charge < -0.3 is 14.5 Å². The Morgan fingerprint density at radius 1 is 1.30 bits per heavy atom. The monoisotopic (exact) mass is 379 g/mol. The van der Waals surface area contributed by atoms with Crippen molar-refractivity contribution in [1.29, 1.82) is 0 Å². The van der Waals surface area contributed by atoms with E-state index in [0.717, 1.165) is 18.0 Å². The molecule has 142 valence electrons. The first-order valence-corrected chi connectivity index (χ1v) is 7.97. The van der Waals surface area contributed by atoms with E-state index in [1.165, 1.54) is 6.07 Å². The number of benzene rings is 1. The van der Waals surface area contributed by atoms with Gasteiger partial charge >= 0.3 is 6.18 Å². The van der Waals surface area contributed by atoms with Crippen LogP contribution < -0.4 is 10.1 Å². The van der Waals surface area contributed by atoms with Gasteiger partial charge in [-0.25, -0.2) is 0 Å². The Morgan fingerprint density at radius 2 is 2.11 bits per heavy atom. The highest BCUT2D eigenvalue weighted by Gasteiger charge is 2.28. The molecule has 2 aromatic heterocycles. The van der Waals surface area contributed by atoms with Crippen LogP contribution in [0.5, 0.6) is 5.75 Å². The van der Waals surface area contributed by atoms with Crippen LogP contribution >= 0.6 is 0 Å². The minimum atomic E-state index is -4.39. The van der Waals surface area contributed by atoms with Crippen LogP contribution in [0.15, 0.2) is 53.2 Å². The fourth-order valence-corrected chi connectivity index (χ4v) is 2.33. The first-order valence-electron chi connectivity index (χ1n) is 7.97. The lowest BCUT2D eigenvalue weighted by atomic mass is 10.2. The molecule has 0 aliphatic heterocycles. The fourth-order valence-electron chi connectivity index (χ4n) is 2.33. The van der Waals surface area contributed by atoms with Crippen molar-refractivity contribution in [3.05, 3.63) is 65.9 Å². The van der Waals surface area contributed by atoms with Gasteiger partial charge in [0.05, 0.1) is 11.9 Å². The summed E-state index contributed by atoms with van der Waals surface area (Å²) in [7, 11) is 0. The van der Waals surface area contributed by atoms with Gasteiger partial charge in [-0.15, -0.1) is 0 Å². The highest BCUT2D eigenvalue weighted by molar-refractivity contribution is 6.02. The third-order valence-corrected chi connectivity index (χ3v) is 3.49. The van der Waals surface area contributed by atoms with Gasteiger partial charge in [0.25, 0.3) is 5.91 Å². The number of hydrogen-bond donors (Lipinski definition) is 1. The summed E-state index contributed by atoms with van der Waals surface area (Å²) in [6.45, 7) is 0.851. The Bertz CT molecular complexity index is 931. The molecule has 1 aromatic carbocycles. The first kappa shape index (κ1) is 18.6. The Balaban J connectivity index is 1.57. The number of nitrogens with zero attached hydrogens (tertiary/aromatic N) is 2. The Morgan fingerprint density at radius 3 is 2.85 bits per heavy atom. The predicted molar refractivity (Wildman–Crippen MR) is 90.5 cm³/mol. The SMILES string of the molecule is Cc1cccc(OCc2ccc(C(=O)Nc3cnn(CC(F)(F)F)c3)o2)c1. The molecule has 1 amide bonds. The summed E-state index contributed by atoms with van der Waals surface area (Å²) in [6, 6.07) is 10.5. The standard InChI is InChI=1S/C18H16F3N3O3/c1-12-3-2-4-14(7-12)26-10-15-5-6-16(27-15)17(25)23-13-8-22-24(9-13)11-18(19,20)21/h2-9H,10-11H2,1H3,(H,23,25). The van der Waals surface area contributed by atoms with Crippen LogP contribution in [0.1, 0.15) is 21.9 Å². The lowest BCUT2D eigenvalue weighted by molar-refractivity contribution is -0.142. The normalized spacial score (nSPS) is 11.4. The molecule has 9 heteroatoms. The van der Waals surface area contributed by atoms with Crippen molar-refractivity contribution in [1.82, 2.24) is 9.78 Å². The van der Waals surface area contributed by atoms with Crippen molar-refractivity contribution < 1.29 is 27.1 Å². The molecule has 0 radical (unpaired) electrons. The average Bonchev–Trinajstić information content (AvgIpc) is 3.21. The molecule has 0 spiro atoms. The minimum absolute atomic E-state index is 0.0152. The van der Waals surface area contributed by atoms with Crippen molar-refractivity contribution in [2.45, 2.75) is 26.3 Å². The summed E-state index contributed by atoms with van der Waals surface area (Å²) in [5, 5.41) is 5.99. The van der Waals surface area contributed by atoms with Crippen molar-refractivity contribution in [3.8, 4) is 5.75 Å². The highest BCUT2D eigenvalue weighted by Crippen LogP contribution is 2.19. The molecule has 1 N–H and O–H groups in total. The second kappa shape index (κ2) is 7.56. The average molecular weight is 379 g/mol. The third kappa shape index (κ3) is 5.37. The van der Waals surface area contributed by atoms with Gasteiger partial charge in [0, 0.05) is 6.20 Å². The van der Waals surface area contributed by atoms with Crippen molar-refractivity contribution in [2.24, 2.45) is 0 Å². The lowest BCUT2D eigenvalue weighted by Crippen LogP contribution is -2.17. The maximum Gasteiger partial charge on any atom is 0.408 e. The molecule has 3 rings (SSSR count). The number of aryl methyl sites for hydroxylation is 1. The number of halogens is 3. The van der Waals surface area contributed by atoms with Crippen LogP contribution in [0.4, 0.5) is 18.9 Å². The van der Waals surface area contributed by atoms with Gasteiger partial charge in [-0.2, -0.15) is 18.3 Å². The van der Waals surface area contributed by atoms with Crippen LogP contribution in [0.2, 0.25) is 0 Å². The number of nitrogens with one attached hydrogen (secondary N) is 1. The maximum absolute atomic E-state index is 12.3. The molecule has 0 saturated heterocycles. The van der Waals surface area contributed by atoms with E-state index in [2.05, 4.69) is 10.4 Å². The van der Waals surface area contributed by atoms with Crippen LogP contribution in [0.3, 0.4) is 0 Å². The molecule has 27 heavy (non-hydrogen) atoms. The quantitative estimate of drug-likeness (QED) is 0.698. The summed E-state index contributed by atoms with van der Waals surface area (Å²) in [6.07, 6.45) is -2.16. The number of hydrogen-bond acceptors (Lipinski definition) is 4. The van der Waals surface area contributed by atoms with Crippen LogP contribution in [-0.4, -0.2) is 21.9 Å². The van der Waals surface area contributed by atoms with Crippen molar-refractivity contribution in [3.63, 3.8) is 0 Å². The zero-order valence-corrected chi connectivity index (χ0v) is 14.3. The van der Waals surface area contributed by atoms with E-state index in [1.807, 2.05) is 31.2 Å². The summed E-state index contributed by atoms with van der Waals surface area (Å²) < 4.78 is 48.7. The van der Waals surface area contributed by atoms with E-state index < -0.39 is 18.6 Å². The molecule has 0 aliphatic rings. The molecular weight excluding hydrogens is 363 g/mol. The molecule has 0 aliphatic carbocycles. The number of amides is 1. The number of aromatic nitrogens is 2. The zero-order valence-electron chi connectivity index (χ0n) is 14.3. The molecule has 0 unspecified atom stereocenters. The third-order valence-electron chi connectivity index (χ3n) is 3.49. The zero-order chi connectivity index (χ0) is 19.4. The summed E-state index contributed by atoms with van der Waals surface area (Å²) in [5.74, 6) is 0.536. The molecule has 0 saturated carbocycles. The maximum atomic E-state index is 12.3. The highest BCUT2D eigenvalue weighted by atomic mass is 19.4. The summed E-state index contributed by atoms with van der Waals surface area (Å²) in [4.78, 5) is 12.1. The van der Waals surface area contributed by atoms with Crippen molar-refractivity contribution in [2.75, 3.05) is 5.32 Å². The summed E-state index contributed by atoms with van der Waals surface area (Å²) in [5.41, 5.74) is 1.19. The van der Waals surface area contributed by atoms with E-state index in [1.54, 1.807) is 6.07 Å². The molecule has 2 heterocycles. The Labute approximate surface area is 152 Å². The smallest absolute Gasteiger partial charge is 0.408 e. The molecule has 0 bridgehead atoms. The number of carbonyl (C=O) groups is 1. The second-order valence-corrected chi connectivity index (χ2v) is 5.87. The topological polar surface area (TPSA) is 69.3 Å². The number of alkyl halides is 3. The number of rotatable bonds is 6. The molecule has 3 aromatic rings. The fraction of sp³-hybridized carbons (Fsp3) is 0.222. The molecular formula is C18H16F3N3O3. The van der Waals surface area contributed by atoms with Gasteiger partial charge in [-0.3, -0.25) is 9.48 Å². The molecule has 6 nitrogen and oxygen atoms in total. The van der Waals surface area contributed by atoms with Gasteiger partial charge in [0.1, 0.15) is 24.7 Å². The van der Waals surface area contributed by atoms with E-state index in [0.29, 0.717) is 16.2 Å².